The molecule has 0 fully saturated rings. The van der Waals surface area contributed by atoms with Crippen LogP contribution < -0.4 is 0 Å². The SMILES string of the molecule is O=C(OCc1ccccc1)C(C(=O)OCc1ccccc1)[C@@H](/C=C/c1ccccc1)Cc1ccccc1. The zero-order valence-corrected chi connectivity index (χ0v) is 20.6. The number of hydrogen-bond donors (Lipinski definition) is 0. The Kier molecular flexibility index (Phi) is 9.42. The van der Waals surface area contributed by atoms with Crippen molar-refractivity contribution < 1.29 is 19.1 Å². The Labute approximate surface area is 218 Å². The molecule has 4 rings (SSSR count). The van der Waals surface area contributed by atoms with E-state index in [0.29, 0.717) is 6.42 Å². The summed E-state index contributed by atoms with van der Waals surface area (Å²) < 4.78 is 11.3. The Hall–Kier alpha value is -4.44. The Balaban J connectivity index is 1.60. The van der Waals surface area contributed by atoms with Gasteiger partial charge in [0.05, 0.1) is 0 Å². The minimum absolute atomic E-state index is 0.0859. The van der Waals surface area contributed by atoms with Gasteiger partial charge < -0.3 is 9.47 Å². The number of benzene rings is 4. The molecule has 0 aliphatic heterocycles. The van der Waals surface area contributed by atoms with Crippen molar-refractivity contribution in [3.8, 4) is 0 Å². The molecule has 0 amide bonds. The summed E-state index contributed by atoms with van der Waals surface area (Å²) in [7, 11) is 0. The van der Waals surface area contributed by atoms with Gasteiger partial charge in [-0.2, -0.15) is 0 Å². The van der Waals surface area contributed by atoms with Crippen molar-refractivity contribution in [2.24, 2.45) is 11.8 Å². The lowest BCUT2D eigenvalue weighted by atomic mass is 9.85. The van der Waals surface area contributed by atoms with E-state index < -0.39 is 23.8 Å². The minimum Gasteiger partial charge on any atom is -0.460 e. The first kappa shape index (κ1) is 25.6. The van der Waals surface area contributed by atoms with Crippen LogP contribution in [0.4, 0.5) is 0 Å². The van der Waals surface area contributed by atoms with Gasteiger partial charge in [0.15, 0.2) is 5.92 Å². The van der Waals surface area contributed by atoms with Crippen molar-refractivity contribution in [1.82, 2.24) is 0 Å². The van der Waals surface area contributed by atoms with Crippen molar-refractivity contribution in [2.75, 3.05) is 0 Å². The number of allylic oxidation sites excluding steroid dienone is 1. The van der Waals surface area contributed by atoms with Crippen LogP contribution in [0.15, 0.2) is 127 Å². The second-order valence-corrected chi connectivity index (χ2v) is 8.79. The molecule has 0 aliphatic rings. The number of rotatable bonds is 11. The van der Waals surface area contributed by atoms with E-state index in [1.807, 2.05) is 133 Å². The molecular formula is C33H30O4. The summed E-state index contributed by atoms with van der Waals surface area (Å²) in [5.41, 5.74) is 3.70. The molecule has 37 heavy (non-hydrogen) atoms. The Bertz CT molecular complexity index is 1210. The summed E-state index contributed by atoms with van der Waals surface area (Å²) in [6.45, 7) is 0.172. The zero-order chi connectivity index (χ0) is 25.7. The average Bonchev–Trinajstić information content (AvgIpc) is 2.96. The zero-order valence-electron chi connectivity index (χ0n) is 20.6. The van der Waals surface area contributed by atoms with Crippen LogP contribution >= 0.6 is 0 Å². The lowest BCUT2D eigenvalue weighted by molar-refractivity contribution is -0.165. The van der Waals surface area contributed by atoms with E-state index in [0.717, 1.165) is 22.3 Å². The van der Waals surface area contributed by atoms with Gasteiger partial charge >= 0.3 is 11.9 Å². The van der Waals surface area contributed by atoms with Gasteiger partial charge in [0.2, 0.25) is 0 Å². The molecule has 0 saturated heterocycles. The maximum Gasteiger partial charge on any atom is 0.321 e. The van der Waals surface area contributed by atoms with Gasteiger partial charge in [-0.15, -0.1) is 0 Å². The van der Waals surface area contributed by atoms with Crippen LogP contribution in [0.1, 0.15) is 22.3 Å². The number of carbonyl (C=O) groups is 2. The molecule has 0 spiro atoms. The normalized spacial score (nSPS) is 11.8. The van der Waals surface area contributed by atoms with E-state index in [-0.39, 0.29) is 13.2 Å². The van der Waals surface area contributed by atoms with Crippen molar-refractivity contribution in [3.05, 3.63) is 150 Å². The first-order valence-electron chi connectivity index (χ1n) is 12.4. The average molecular weight is 491 g/mol. The second-order valence-electron chi connectivity index (χ2n) is 8.79. The van der Waals surface area contributed by atoms with E-state index in [4.69, 9.17) is 9.47 Å². The summed E-state index contributed by atoms with van der Waals surface area (Å²) in [5.74, 6) is -2.78. The number of ether oxygens (including phenoxy) is 2. The fourth-order valence-electron chi connectivity index (χ4n) is 4.06. The van der Waals surface area contributed by atoms with Gasteiger partial charge in [-0.25, -0.2) is 0 Å². The van der Waals surface area contributed by atoms with Gasteiger partial charge in [0.1, 0.15) is 13.2 Å². The minimum atomic E-state index is -1.12. The van der Waals surface area contributed by atoms with Crippen molar-refractivity contribution in [3.63, 3.8) is 0 Å². The third kappa shape index (κ3) is 8.04. The first-order chi connectivity index (χ1) is 18.2. The van der Waals surface area contributed by atoms with Crippen LogP contribution in [0, 0.1) is 11.8 Å². The Morgan fingerprint density at radius 2 is 0.973 bits per heavy atom. The van der Waals surface area contributed by atoms with Gasteiger partial charge in [0.25, 0.3) is 0 Å². The molecule has 186 valence electrons. The monoisotopic (exact) mass is 490 g/mol. The molecule has 0 N–H and O–H groups in total. The molecule has 0 bridgehead atoms. The molecule has 0 radical (unpaired) electrons. The highest BCUT2D eigenvalue weighted by atomic mass is 16.6. The summed E-state index contributed by atoms with van der Waals surface area (Å²) in [6.07, 6.45) is 4.34. The van der Waals surface area contributed by atoms with Crippen LogP contribution in [-0.2, 0) is 38.7 Å². The van der Waals surface area contributed by atoms with Gasteiger partial charge in [-0.3, -0.25) is 9.59 Å². The molecule has 0 aliphatic carbocycles. The molecule has 0 heterocycles. The topological polar surface area (TPSA) is 52.6 Å². The van der Waals surface area contributed by atoms with Gasteiger partial charge in [-0.1, -0.05) is 133 Å². The highest BCUT2D eigenvalue weighted by molar-refractivity contribution is 5.95. The van der Waals surface area contributed by atoms with E-state index in [1.165, 1.54) is 0 Å². The summed E-state index contributed by atoms with van der Waals surface area (Å²) in [6, 6.07) is 38.5. The number of carbonyl (C=O) groups excluding carboxylic acids is 2. The smallest absolute Gasteiger partial charge is 0.321 e. The van der Waals surface area contributed by atoms with E-state index in [2.05, 4.69) is 0 Å². The number of hydrogen-bond acceptors (Lipinski definition) is 4. The fourth-order valence-corrected chi connectivity index (χ4v) is 4.06. The Morgan fingerprint density at radius 3 is 1.43 bits per heavy atom. The Morgan fingerprint density at radius 1 is 0.568 bits per heavy atom. The molecule has 0 aromatic heterocycles. The van der Waals surface area contributed by atoms with Crippen LogP contribution in [-0.4, -0.2) is 11.9 Å². The molecule has 4 heteroatoms. The number of esters is 2. The summed E-state index contributed by atoms with van der Waals surface area (Å²) in [4.78, 5) is 26.9. The second kappa shape index (κ2) is 13.6. The largest absolute Gasteiger partial charge is 0.460 e. The maximum absolute atomic E-state index is 13.5. The lowest BCUT2D eigenvalue weighted by Gasteiger charge is -2.22. The molecule has 4 aromatic carbocycles. The van der Waals surface area contributed by atoms with E-state index in [1.54, 1.807) is 0 Å². The quantitative estimate of drug-likeness (QED) is 0.174. The third-order valence-electron chi connectivity index (χ3n) is 6.03. The first-order valence-corrected chi connectivity index (χ1v) is 12.4. The maximum atomic E-state index is 13.5. The highest BCUT2D eigenvalue weighted by Crippen LogP contribution is 2.25. The molecule has 1 atom stereocenters. The predicted molar refractivity (Wildman–Crippen MR) is 145 cm³/mol. The highest BCUT2D eigenvalue weighted by Gasteiger charge is 2.36. The van der Waals surface area contributed by atoms with Crippen LogP contribution in [0.2, 0.25) is 0 Å². The van der Waals surface area contributed by atoms with Crippen LogP contribution in [0.5, 0.6) is 0 Å². The predicted octanol–water partition coefficient (Wildman–Crippen LogP) is 6.66. The van der Waals surface area contributed by atoms with E-state index in [9.17, 15) is 9.59 Å². The van der Waals surface area contributed by atoms with Gasteiger partial charge in [-0.05, 0) is 28.7 Å². The molecule has 4 aromatic rings. The molecule has 0 saturated carbocycles. The summed E-state index contributed by atoms with van der Waals surface area (Å²) >= 11 is 0. The molecule has 4 nitrogen and oxygen atoms in total. The standard InChI is InChI=1S/C33H30O4/c34-32(36-24-28-17-9-3-10-18-28)31(33(35)37-25-29-19-11-4-12-20-29)30(23-27-15-7-2-8-16-27)22-21-26-13-5-1-6-14-26/h1-22,30-31H,23-25H2/b22-21+/t30-/m0/s1. The van der Waals surface area contributed by atoms with Crippen molar-refractivity contribution in [2.45, 2.75) is 19.6 Å². The van der Waals surface area contributed by atoms with Crippen LogP contribution in [0.3, 0.4) is 0 Å². The summed E-state index contributed by atoms with van der Waals surface area (Å²) in [5, 5.41) is 0. The molecule has 0 unspecified atom stereocenters. The fraction of sp³-hybridized carbons (Fsp3) is 0.152. The van der Waals surface area contributed by atoms with Gasteiger partial charge in [0, 0.05) is 5.92 Å². The van der Waals surface area contributed by atoms with E-state index >= 15 is 0 Å². The third-order valence-corrected chi connectivity index (χ3v) is 6.03. The molecular weight excluding hydrogens is 460 g/mol. The van der Waals surface area contributed by atoms with Crippen molar-refractivity contribution >= 4 is 18.0 Å². The lowest BCUT2D eigenvalue weighted by Crippen LogP contribution is -2.34. The van der Waals surface area contributed by atoms with Crippen LogP contribution in [0.25, 0.3) is 6.08 Å². The van der Waals surface area contributed by atoms with Crippen molar-refractivity contribution in [1.29, 1.82) is 0 Å².